The summed E-state index contributed by atoms with van der Waals surface area (Å²) in [5.74, 6) is 1.58. The summed E-state index contributed by atoms with van der Waals surface area (Å²) < 4.78 is 11.3. The van der Waals surface area contributed by atoms with E-state index in [-0.39, 0.29) is 5.38 Å². The minimum Gasteiger partial charge on any atom is -0.490 e. The minimum atomic E-state index is -0.108. The molecule has 0 amide bonds. The van der Waals surface area contributed by atoms with E-state index in [2.05, 4.69) is 0 Å². The number of alkyl halides is 1. The van der Waals surface area contributed by atoms with Gasteiger partial charge in [0.15, 0.2) is 11.5 Å². The molecule has 1 unspecified atom stereocenters. The highest BCUT2D eigenvalue weighted by Crippen LogP contribution is 2.35. The summed E-state index contributed by atoms with van der Waals surface area (Å²) in [6.07, 6.45) is 1.65. The maximum Gasteiger partial charge on any atom is 0.161 e. The Morgan fingerprint density at radius 3 is 2.43 bits per heavy atom. The Bertz CT molecular complexity index is 611. The monoisotopic (exact) mass is 322 g/mol. The van der Waals surface area contributed by atoms with Crippen LogP contribution >= 0.6 is 23.2 Å². The first-order chi connectivity index (χ1) is 10.2. The van der Waals surface area contributed by atoms with E-state index in [0.29, 0.717) is 13.2 Å². The average Bonchev–Trinajstić information content (AvgIpc) is 2.74. The van der Waals surface area contributed by atoms with E-state index in [1.807, 2.05) is 42.5 Å². The van der Waals surface area contributed by atoms with Crippen LogP contribution in [-0.2, 0) is 6.42 Å². The smallest absolute Gasteiger partial charge is 0.161 e. The van der Waals surface area contributed by atoms with Crippen LogP contribution in [0.2, 0.25) is 5.02 Å². The molecule has 2 nitrogen and oxygen atoms in total. The Morgan fingerprint density at radius 2 is 1.67 bits per heavy atom. The molecular formula is C17H16Cl2O2. The molecule has 2 aromatic carbocycles. The molecule has 0 fully saturated rings. The predicted octanol–water partition coefficient (Wildman–Crippen LogP) is 5.02. The lowest BCUT2D eigenvalue weighted by molar-refractivity contribution is 0.297. The molecule has 1 aliphatic rings. The van der Waals surface area contributed by atoms with Crippen molar-refractivity contribution in [1.29, 1.82) is 0 Å². The van der Waals surface area contributed by atoms with Crippen molar-refractivity contribution in [3.63, 3.8) is 0 Å². The number of halogens is 2. The van der Waals surface area contributed by atoms with Crippen molar-refractivity contribution in [1.82, 2.24) is 0 Å². The van der Waals surface area contributed by atoms with Gasteiger partial charge in [-0.1, -0.05) is 29.8 Å². The van der Waals surface area contributed by atoms with Gasteiger partial charge in [-0.25, -0.2) is 0 Å². The molecule has 3 rings (SSSR count). The van der Waals surface area contributed by atoms with Gasteiger partial charge in [0, 0.05) is 11.4 Å². The van der Waals surface area contributed by atoms with E-state index in [1.54, 1.807) is 0 Å². The van der Waals surface area contributed by atoms with E-state index in [1.165, 1.54) is 0 Å². The largest absolute Gasteiger partial charge is 0.490 e. The molecule has 0 spiro atoms. The van der Waals surface area contributed by atoms with Gasteiger partial charge >= 0.3 is 0 Å². The number of fused-ring (bicyclic) bond motifs is 1. The topological polar surface area (TPSA) is 18.5 Å². The number of rotatable bonds is 3. The molecular weight excluding hydrogens is 307 g/mol. The number of benzene rings is 2. The van der Waals surface area contributed by atoms with Gasteiger partial charge in [-0.3, -0.25) is 0 Å². The Labute approximate surface area is 134 Å². The third-order valence-corrected chi connectivity index (χ3v) is 4.12. The fourth-order valence-corrected chi connectivity index (χ4v) is 2.76. The standard InChI is InChI=1S/C17H16Cl2O2/c18-14-5-2-12(3-6-14)10-15(19)13-4-7-16-17(11-13)21-9-1-8-20-16/h2-7,11,15H,1,8-10H2. The van der Waals surface area contributed by atoms with Crippen molar-refractivity contribution in [2.24, 2.45) is 0 Å². The Hall–Kier alpha value is -1.38. The van der Waals surface area contributed by atoms with Crippen molar-refractivity contribution in [2.45, 2.75) is 18.2 Å². The molecule has 0 radical (unpaired) electrons. The molecule has 1 atom stereocenters. The Morgan fingerprint density at radius 1 is 0.952 bits per heavy atom. The van der Waals surface area contributed by atoms with Crippen molar-refractivity contribution in [2.75, 3.05) is 13.2 Å². The first-order valence-electron chi connectivity index (χ1n) is 7.00. The molecule has 4 heteroatoms. The third kappa shape index (κ3) is 3.63. The summed E-state index contributed by atoms with van der Waals surface area (Å²) >= 11 is 12.4. The fraction of sp³-hybridized carbons (Fsp3) is 0.294. The quantitative estimate of drug-likeness (QED) is 0.738. The zero-order valence-corrected chi connectivity index (χ0v) is 13.0. The van der Waals surface area contributed by atoms with E-state index in [4.69, 9.17) is 32.7 Å². The lowest BCUT2D eigenvalue weighted by atomic mass is 10.0. The lowest BCUT2D eigenvalue weighted by Crippen LogP contribution is -1.98. The van der Waals surface area contributed by atoms with Crippen LogP contribution in [0.15, 0.2) is 42.5 Å². The summed E-state index contributed by atoms with van der Waals surface area (Å²) in [7, 11) is 0. The molecule has 2 aromatic rings. The lowest BCUT2D eigenvalue weighted by Gasteiger charge is -2.13. The van der Waals surface area contributed by atoms with Gasteiger partial charge in [-0.15, -0.1) is 11.6 Å². The summed E-state index contributed by atoms with van der Waals surface area (Å²) in [6, 6.07) is 13.7. The Kier molecular flexibility index (Phi) is 4.57. The van der Waals surface area contributed by atoms with Crippen molar-refractivity contribution in [3.05, 3.63) is 58.6 Å². The number of ether oxygens (including phenoxy) is 2. The first kappa shape index (κ1) is 14.6. The summed E-state index contributed by atoms with van der Waals surface area (Å²) in [5.41, 5.74) is 2.20. The minimum absolute atomic E-state index is 0.108. The molecule has 0 bridgehead atoms. The van der Waals surface area contributed by atoms with Gasteiger partial charge in [-0.2, -0.15) is 0 Å². The number of hydrogen-bond donors (Lipinski definition) is 0. The van der Waals surface area contributed by atoms with E-state index >= 15 is 0 Å². The van der Waals surface area contributed by atoms with Crippen LogP contribution in [0.1, 0.15) is 22.9 Å². The van der Waals surface area contributed by atoms with Crippen molar-refractivity contribution >= 4 is 23.2 Å². The second kappa shape index (κ2) is 6.59. The highest BCUT2D eigenvalue weighted by Gasteiger charge is 2.15. The predicted molar refractivity (Wildman–Crippen MR) is 85.8 cm³/mol. The second-order valence-electron chi connectivity index (χ2n) is 5.05. The maximum absolute atomic E-state index is 6.53. The highest BCUT2D eigenvalue weighted by molar-refractivity contribution is 6.30. The molecule has 21 heavy (non-hydrogen) atoms. The number of hydrogen-bond acceptors (Lipinski definition) is 2. The van der Waals surface area contributed by atoms with Crippen LogP contribution in [0.3, 0.4) is 0 Å². The summed E-state index contributed by atoms with van der Waals surface area (Å²) in [6.45, 7) is 1.38. The molecule has 1 heterocycles. The SMILES string of the molecule is Clc1ccc(CC(Cl)c2ccc3c(c2)OCCCO3)cc1. The molecule has 0 N–H and O–H groups in total. The molecule has 0 saturated heterocycles. The van der Waals surface area contributed by atoms with E-state index in [9.17, 15) is 0 Å². The van der Waals surface area contributed by atoms with Crippen LogP contribution in [0, 0.1) is 0 Å². The zero-order valence-electron chi connectivity index (χ0n) is 11.5. The van der Waals surface area contributed by atoms with Crippen LogP contribution < -0.4 is 9.47 Å². The molecule has 1 aliphatic heterocycles. The van der Waals surface area contributed by atoms with Crippen molar-refractivity contribution in [3.8, 4) is 11.5 Å². The normalized spacial score (nSPS) is 15.3. The zero-order chi connectivity index (χ0) is 14.7. The van der Waals surface area contributed by atoms with Crippen LogP contribution in [0.5, 0.6) is 11.5 Å². The van der Waals surface area contributed by atoms with E-state index in [0.717, 1.165) is 40.5 Å². The summed E-state index contributed by atoms with van der Waals surface area (Å²) in [5, 5.41) is 0.629. The Balaban J connectivity index is 1.76. The average molecular weight is 323 g/mol. The third-order valence-electron chi connectivity index (χ3n) is 3.46. The van der Waals surface area contributed by atoms with Crippen LogP contribution in [0.25, 0.3) is 0 Å². The molecule has 0 aliphatic carbocycles. The molecule has 0 saturated carbocycles. The van der Waals surface area contributed by atoms with Gasteiger partial charge in [-0.05, 0) is 41.8 Å². The van der Waals surface area contributed by atoms with Gasteiger partial charge in [0.2, 0.25) is 0 Å². The molecule has 110 valence electrons. The van der Waals surface area contributed by atoms with Crippen LogP contribution in [0.4, 0.5) is 0 Å². The maximum atomic E-state index is 6.53. The van der Waals surface area contributed by atoms with Crippen LogP contribution in [-0.4, -0.2) is 13.2 Å². The molecule has 0 aromatic heterocycles. The summed E-state index contributed by atoms with van der Waals surface area (Å²) in [4.78, 5) is 0. The van der Waals surface area contributed by atoms with Gasteiger partial charge in [0.05, 0.1) is 18.6 Å². The van der Waals surface area contributed by atoms with E-state index < -0.39 is 0 Å². The van der Waals surface area contributed by atoms with Gasteiger partial charge in [0.1, 0.15) is 0 Å². The van der Waals surface area contributed by atoms with Gasteiger partial charge < -0.3 is 9.47 Å². The van der Waals surface area contributed by atoms with Gasteiger partial charge in [0.25, 0.3) is 0 Å². The first-order valence-corrected chi connectivity index (χ1v) is 7.82. The highest BCUT2D eigenvalue weighted by atomic mass is 35.5. The van der Waals surface area contributed by atoms with Crippen molar-refractivity contribution < 1.29 is 9.47 Å². The fourth-order valence-electron chi connectivity index (χ4n) is 2.32. The second-order valence-corrected chi connectivity index (χ2v) is 6.02.